The number of carbonyl (C=O) groups is 1. The highest BCUT2D eigenvalue weighted by Crippen LogP contribution is 2.31. The summed E-state index contributed by atoms with van der Waals surface area (Å²) in [7, 11) is 1.65. The molecule has 0 bridgehead atoms. The summed E-state index contributed by atoms with van der Waals surface area (Å²) in [5.41, 5.74) is 4.05. The summed E-state index contributed by atoms with van der Waals surface area (Å²) in [6.07, 6.45) is 4.19. The molecule has 2 aromatic heterocycles. The number of carbonyl (C=O) groups excluding carboxylic acids is 1. The Morgan fingerprint density at radius 3 is 2.52 bits per heavy atom. The van der Waals surface area contributed by atoms with Gasteiger partial charge in [0.2, 0.25) is 0 Å². The molecule has 7 nitrogen and oxygen atoms in total. The molecule has 0 aliphatic heterocycles. The van der Waals surface area contributed by atoms with E-state index < -0.39 is 0 Å². The van der Waals surface area contributed by atoms with Gasteiger partial charge in [0.05, 0.1) is 11.4 Å². The zero-order valence-corrected chi connectivity index (χ0v) is 17.2. The Kier molecular flexibility index (Phi) is 5.38. The number of fused-ring (bicyclic) bond motifs is 1. The number of hydrogen-bond acceptors (Lipinski definition) is 4. The SMILES string of the molecule is CNC(=O)N[C@@H]1CCCCC1Nc1nc(-c2ccccc2)nc2[nH]c(C)c(C)c12. The molecule has 1 aliphatic carbocycles. The zero-order valence-electron chi connectivity index (χ0n) is 17.2. The van der Waals surface area contributed by atoms with Gasteiger partial charge in [0, 0.05) is 24.3 Å². The van der Waals surface area contributed by atoms with Crippen LogP contribution in [0.25, 0.3) is 22.4 Å². The molecular formula is C22H28N6O. The predicted octanol–water partition coefficient (Wildman–Crippen LogP) is 3.89. The van der Waals surface area contributed by atoms with Gasteiger partial charge >= 0.3 is 6.03 Å². The van der Waals surface area contributed by atoms with Crippen molar-refractivity contribution in [3.05, 3.63) is 41.6 Å². The van der Waals surface area contributed by atoms with Crippen molar-refractivity contribution in [1.29, 1.82) is 0 Å². The van der Waals surface area contributed by atoms with E-state index >= 15 is 0 Å². The van der Waals surface area contributed by atoms with Crippen molar-refractivity contribution >= 4 is 22.9 Å². The van der Waals surface area contributed by atoms with Crippen LogP contribution in [0, 0.1) is 13.8 Å². The summed E-state index contributed by atoms with van der Waals surface area (Å²) < 4.78 is 0. The third kappa shape index (κ3) is 3.90. The summed E-state index contributed by atoms with van der Waals surface area (Å²) in [4.78, 5) is 25.0. The van der Waals surface area contributed by atoms with Crippen LogP contribution in [0.3, 0.4) is 0 Å². The average Bonchev–Trinajstić information content (AvgIpc) is 3.03. The molecule has 4 N–H and O–H groups in total. The number of aromatic amines is 1. The fraction of sp³-hybridized carbons (Fsp3) is 0.409. The second-order valence-electron chi connectivity index (χ2n) is 7.73. The van der Waals surface area contributed by atoms with Crippen LogP contribution in [0.15, 0.2) is 30.3 Å². The van der Waals surface area contributed by atoms with Crippen LogP contribution in [-0.2, 0) is 0 Å². The van der Waals surface area contributed by atoms with Crippen LogP contribution < -0.4 is 16.0 Å². The van der Waals surface area contributed by atoms with E-state index in [4.69, 9.17) is 9.97 Å². The molecule has 29 heavy (non-hydrogen) atoms. The van der Waals surface area contributed by atoms with Gasteiger partial charge in [-0.3, -0.25) is 0 Å². The normalized spacial score (nSPS) is 19.1. The van der Waals surface area contributed by atoms with Crippen LogP contribution in [0.5, 0.6) is 0 Å². The summed E-state index contributed by atoms with van der Waals surface area (Å²) >= 11 is 0. The molecule has 2 atom stereocenters. The van der Waals surface area contributed by atoms with E-state index in [1.54, 1.807) is 7.05 Å². The van der Waals surface area contributed by atoms with Gasteiger partial charge in [-0.1, -0.05) is 43.2 Å². The van der Waals surface area contributed by atoms with Crippen molar-refractivity contribution in [2.45, 2.75) is 51.6 Å². The first-order valence-corrected chi connectivity index (χ1v) is 10.2. The van der Waals surface area contributed by atoms with Crippen molar-refractivity contribution in [3.8, 4) is 11.4 Å². The lowest BCUT2D eigenvalue weighted by atomic mass is 9.90. The zero-order chi connectivity index (χ0) is 20.4. The van der Waals surface area contributed by atoms with E-state index in [9.17, 15) is 4.79 Å². The number of urea groups is 1. The number of aryl methyl sites for hydroxylation is 2. The Bertz CT molecular complexity index is 1010. The lowest BCUT2D eigenvalue weighted by Crippen LogP contribution is -2.51. The molecule has 1 unspecified atom stereocenters. The molecule has 0 spiro atoms. The third-order valence-electron chi connectivity index (χ3n) is 5.82. The Labute approximate surface area is 170 Å². The highest BCUT2D eigenvalue weighted by molar-refractivity contribution is 5.93. The van der Waals surface area contributed by atoms with Gasteiger partial charge in [0.15, 0.2) is 5.82 Å². The van der Waals surface area contributed by atoms with Crippen LogP contribution in [-0.4, -0.2) is 40.1 Å². The fourth-order valence-electron chi connectivity index (χ4n) is 4.08. The highest BCUT2D eigenvalue weighted by atomic mass is 16.2. The van der Waals surface area contributed by atoms with Crippen molar-refractivity contribution in [2.75, 3.05) is 12.4 Å². The van der Waals surface area contributed by atoms with E-state index in [1.165, 1.54) is 0 Å². The van der Waals surface area contributed by atoms with E-state index in [-0.39, 0.29) is 18.1 Å². The first-order valence-electron chi connectivity index (χ1n) is 10.2. The van der Waals surface area contributed by atoms with Gasteiger partial charge in [-0.05, 0) is 32.3 Å². The molecular weight excluding hydrogens is 364 g/mol. The lowest BCUT2D eigenvalue weighted by Gasteiger charge is -2.33. The summed E-state index contributed by atoms with van der Waals surface area (Å²) in [6, 6.07) is 10.1. The lowest BCUT2D eigenvalue weighted by molar-refractivity contribution is 0.232. The number of rotatable bonds is 4. The molecule has 1 aliphatic rings. The van der Waals surface area contributed by atoms with E-state index in [0.29, 0.717) is 5.82 Å². The number of nitrogens with zero attached hydrogens (tertiary/aromatic N) is 2. The highest BCUT2D eigenvalue weighted by Gasteiger charge is 2.28. The number of anilines is 1. The minimum absolute atomic E-state index is 0.0641. The third-order valence-corrected chi connectivity index (χ3v) is 5.82. The molecule has 7 heteroatoms. The average molecular weight is 393 g/mol. The topological polar surface area (TPSA) is 94.7 Å². The van der Waals surface area contributed by atoms with Gasteiger partial charge in [0.25, 0.3) is 0 Å². The molecule has 0 radical (unpaired) electrons. The van der Waals surface area contributed by atoms with Crippen molar-refractivity contribution in [3.63, 3.8) is 0 Å². The maximum Gasteiger partial charge on any atom is 0.314 e. The summed E-state index contributed by atoms with van der Waals surface area (Å²) in [5, 5.41) is 10.4. The Balaban J connectivity index is 1.74. The molecule has 1 saturated carbocycles. The molecule has 2 heterocycles. The molecule has 1 aromatic carbocycles. The van der Waals surface area contributed by atoms with E-state index in [0.717, 1.165) is 59.4 Å². The van der Waals surface area contributed by atoms with Crippen LogP contribution in [0.4, 0.5) is 10.6 Å². The maximum atomic E-state index is 11.9. The molecule has 1 fully saturated rings. The Morgan fingerprint density at radius 2 is 1.79 bits per heavy atom. The van der Waals surface area contributed by atoms with Crippen LogP contribution in [0.1, 0.15) is 36.9 Å². The van der Waals surface area contributed by atoms with Gasteiger partial charge in [-0.15, -0.1) is 0 Å². The quantitative estimate of drug-likeness (QED) is 0.542. The van der Waals surface area contributed by atoms with Crippen molar-refractivity contribution in [1.82, 2.24) is 25.6 Å². The monoisotopic (exact) mass is 392 g/mol. The first-order chi connectivity index (χ1) is 14.1. The van der Waals surface area contributed by atoms with Crippen molar-refractivity contribution < 1.29 is 4.79 Å². The minimum Gasteiger partial charge on any atom is -0.365 e. The minimum atomic E-state index is -0.143. The Hall–Kier alpha value is -3.09. The maximum absolute atomic E-state index is 11.9. The number of H-pyrrole nitrogens is 1. The molecule has 3 aromatic rings. The van der Waals surface area contributed by atoms with Crippen molar-refractivity contribution in [2.24, 2.45) is 0 Å². The fourth-order valence-corrected chi connectivity index (χ4v) is 4.08. The summed E-state index contributed by atoms with van der Waals surface area (Å²) in [6.45, 7) is 4.14. The number of aromatic nitrogens is 3. The smallest absolute Gasteiger partial charge is 0.314 e. The van der Waals surface area contributed by atoms with Crippen LogP contribution in [0.2, 0.25) is 0 Å². The van der Waals surface area contributed by atoms with E-state index in [2.05, 4.69) is 34.8 Å². The summed E-state index contributed by atoms with van der Waals surface area (Å²) in [5.74, 6) is 1.51. The molecule has 4 rings (SSSR count). The number of hydrogen-bond donors (Lipinski definition) is 4. The second-order valence-corrected chi connectivity index (χ2v) is 7.73. The van der Waals surface area contributed by atoms with E-state index in [1.807, 2.05) is 30.3 Å². The number of nitrogens with one attached hydrogen (secondary N) is 4. The predicted molar refractivity (Wildman–Crippen MR) is 116 cm³/mol. The van der Waals surface area contributed by atoms with Gasteiger partial charge in [-0.2, -0.15) is 0 Å². The molecule has 2 amide bonds. The number of benzene rings is 1. The van der Waals surface area contributed by atoms with Gasteiger partial charge < -0.3 is 20.9 Å². The first kappa shape index (κ1) is 19.2. The second kappa shape index (κ2) is 8.11. The molecule has 0 saturated heterocycles. The van der Waals surface area contributed by atoms with Crippen LogP contribution >= 0.6 is 0 Å². The van der Waals surface area contributed by atoms with Gasteiger partial charge in [0.1, 0.15) is 11.5 Å². The van der Waals surface area contributed by atoms with Gasteiger partial charge in [-0.25, -0.2) is 14.8 Å². The Morgan fingerprint density at radius 1 is 1.07 bits per heavy atom. The largest absolute Gasteiger partial charge is 0.365 e. The molecule has 152 valence electrons. The standard InChI is InChI=1S/C22H28N6O/c1-13-14(2)24-20-18(13)21(28-19(27-20)15-9-5-4-6-10-15)25-16-11-7-8-12-17(16)26-22(29)23-3/h4-6,9-10,16-17H,7-8,11-12H2,1-3H3,(H2,23,26,29)(H2,24,25,27,28)/t16?,17-/m1/s1. The number of amides is 2.